The molecule has 0 spiro atoms. The Morgan fingerprint density at radius 2 is 1.90 bits per heavy atom. The molecular weight excluding hydrogens is 252 g/mol. The minimum absolute atomic E-state index is 0.270. The maximum atomic E-state index is 12.2. The Bertz CT molecular complexity index is 492. The molecule has 5 nitrogen and oxygen atoms in total. The first kappa shape index (κ1) is 13.1. The largest absolute Gasteiger partial charge is 0.339 e. The number of anilines is 1. The molecule has 1 aliphatic heterocycles. The summed E-state index contributed by atoms with van der Waals surface area (Å²) in [6.45, 7) is 3.17. The highest BCUT2D eigenvalue weighted by Gasteiger charge is 2.23. The fourth-order valence-corrected chi connectivity index (χ4v) is 2.81. The zero-order valence-electron chi connectivity index (χ0n) is 11.7. The number of nitrogens with zero attached hydrogens (tertiary/aromatic N) is 4. The number of hydrogen-bond donors (Lipinski definition) is 0. The van der Waals surface area contributed by atoms with E-state index in [9.17, 15) is 4.79 Å². The van der Waals surface area contributed by atoms with Crippen molar-refractivity contribution in [1.82, 2.24) is 14.9 Å². The minimum Gasteiger partial charge on any atom is -0.339 e. The minimum atomic E-state index is 0.270. The predicted molar refractivity (Wildman–Crippen MR) is 77.4 cm³/mol. The monoisotopic (exact) mass is 272 g/mol. The lowest BCUT2D eigenvalue weighted by atomic mass is 10.1. The smallest absolute Gasteiger partial charge is 0.226 e. The van der Waals surface area contributed by atoms with Crippen LogP contribution in [0.4, 0.5) is 5.95 Å². The van der Waals surface area contributed by atoms with Crippen molar-refractivity contribution in [2.24, 2.45) is 0 Å². The van der Waals surface area contributed by atoms with Gasteiger partial charge in [0.1, 0.15) is 0 Å². The second-order valence-electron chi connectivity index (χ2n) is 5.35. The molecule has 2 heterocycles. The van der Waals surface area contributed by atoms with Crippen LogP contribution in [0, 0.1) is 0 Å². The Balaban J connectivity index is 1.52. The zero-order valence-corrected chi connectivity index (χ0v) is 11.7. The topological polar surface area (TPSA) is 49.3 Å². The molecule has 0 N–H and O–H groups in total. The van der Waals surface area contributed by atoms with E-state index in [1.54, 1.807) is 12.4 Å². The van der Waals surface area contributed by atoms with Gasteiger partial charge in [-0.25, -0.2) is 9.97 Å². The molecule has 1 saturated heterocycles. The second kappa shape index (κ2) is 6.03. The third kappa shape index (κ3) is 2.98. The van der Waals surface area contributed by atoms with Crippen LogP contribution in [-0.2, 0) is 4.79 Å². The molecule has 0 atom stereocenters. The average molecular weight is 272 g/mol. The van der Waals surface area contributed by atoms with Gasteiger partial charge in [0, 0.05) is 45.0 Å². The number of allylic oxidation sites excluding steroid dienone is 1. The lowest BCUT2D eigenvalue weighted by molar-refractivity contribution is -0.130. The maximum Gasteiger partial charge on any atom is 0.226 e. The van der Waals surface area contributed by atoms with E-state index in [1.165, 1.54) is 12.0 Å². The van der Waals surface area contributed by atoms with Crippen LogP contribution in [0.5, 0.6) is 0 Å². The molecule has 0 radical (unpaired) electrons. The van der Waals surface area contributed by atoms with Gasteiger partial charge in [-0.2, -0.15) is 0 Å². The summed E-state index contributed by atoms with van der Waals surface area (Å²) in [5.41, 5.74) is 1.32. The molecule has 1 amide bonds. The number of amides is 1. The van der Waals surface area contributed by atoms with Crippen molar-refractivity contribution in [2.45, 2.75) is 25.7 Å². The molecule has 1 aliphatic carbocycles. The summed E-state index contributed by atoms with van der Waals surface area (Å²) in [5, 5.41) is 0. The van der Waals surface area contributed by atoms with E-state index in [0.29, 0.717) is 6.42 Å². The maximum absolute atomic E-state index is 12.2. The van der Waals surface area contributed by atoms with E-state index in [2.05, 4.69) is 20.9 Å². The average Bonchev–Trinajstić information content (AvgIpc) is 3.01. The molecule has 1 aromatic heterocycles. The van der Waals surface area contributed by atoms with Crippen molar-refractivity contribution in [3.05, 3.63) is 30.1 Å². The molecule has 3 rings (SSSR count). The van der Waals surface area contributed by atoms with Crippen molar-refractivity contribution < 1.29 is 4.79 Å². The van der Waals surface area contributed by atoms with Gasteiger partial charge >= 0.3 is 0 Å². The Morgan fingerprint density at radius 1 is 1.15 bits per heavy atom. The number of rotatable bonds is 3. The highest BCUT2D eigenvalue weighted by atomic mass is 16.2. The fourth-order valence-electron chi connectivity index (χ4n) is 2.81. The lowest BCUT2D eigenvalue weighted by Crippen LogP contribution is -2.49. The molecule has 106 valence electrons. The van der Waals surface area contributed by atoms with Crippen LogP contribution in [0.3, 0.4) is 0 Å². The van der Waals surface area contributed by atoms with Crippen LogP contribution in [0.2, 0.25) is 0 Å². The highest BCUT2D eigenvalue weighted by Crippen LogP contribution is 2.21. The molecule has 0 unspecified atom stereocenters. The summed E-state index contributed by atoms with van der Waals surface area (Å²) in [7, 11) is 0. The quantitative estimate of drug-likeness (QED) is 0.785. The van der Waals surface area contributed by atoms with Crippen LogP contribution in [0.15, 0.2) is 30.1 Å². The van der Waals surface area contributed by atoms with E-state index >= 15 is 0 Å². The van der Waals surface area contributed by atoms with E-state index in [0.717, 1.165) is 45.0 Å². The highest BCUT2D eigenvalue weighted by molar-refractivity contribution is 5.79. The Kier molecular flexibility index (Phi) is 3.95. The van der Waals surface area contributed by atoms with Crippen LogP contribution in [0.25, 0.3) is 0 Å². The van der Waals surface area contributed by atoms with E-state index in [1.807, 2.05) is 11.0 Å². The van der Waals surface area contributed by atoms with Gasteiger partial charge in [0.05, 0.1) is 0 Å². The third-order valence-electron chi connectivity index (χ3n) is 3.98. The Morgan fingerprint density at radius 3 is 2.55 bits per heavy atom. The van der Waals surface area contributed by atoms with Gasteiger partial charge < -0.3 is 9.80 Å². The molecule has 0 bridgehead atoms. The molecule has 1 fully saturated rings. The van der Waals surface area contributed by atoms with Crippen molar-refractivity contribution >= 4 is 11.9 Å². The van der Waals surface area contributed by atoms with Crippen LogP contribution >= 0.6 is 0 Å². The van der Waals surface area contributed by atoms with E-state index in [4.69, 9.17) is 0 Å². The van der Waals surface area contributed by atoms with Gasteiger partial charge in [-0.1, -0.05) is 11.6 Å². The van der Waals surface area contributed by atoms with Crippen LogP contribution < -0.4 is 4.90 Å². The summed E-state index contributed by atoms with van der Waals surface area (Å²) in [6.07, 6.45) is 9.81. The summed E-state index contributed by atoms with van der Waals surface area (Å²) < 4.78 is 0. The number of piperazine rings is 1. The molecule has 1 aromatic rings. The molecule has 5 heteroatoms. The third-order valence-corrected chi connectivity index (χ3v) is 3.98. The predicted octanol–water partition coefficient (Wildman–Crippen LogP) is 1.63. The SMILES string of the molecule is O=C(CC1=CCCC1)N1CCN(c2ncccn2)CC1. The fraction of sp³-hybridized carbons (Fsp3) is 0.533. The molecule has 2 aliphatic rings. The van der Waals surface area contributed by atoms with E-state index in [-0.39, 0.29) is 5.91 Å². The first-order valence-corrected chi connectivity index (χ1v) is 7.30. The van der Waals surface area contributed by atoms with Crippen molar-refractivity contribution in [1.29, 1.82) is 0 Å². The molecule has 20 heavy (non-hydrogen) atoms. The van der Waals surface area contributed by atoms with Gasteiger partial charge in [-0.05, 0) is 25.3 Å². The van der Waals surface area contributed by atoms with E-state index < -0.39 is 0 Å². The van der Waals surface area contributed by atoms with Gasteiger partial charge in [-0.15, -0.1) is 0 Å². The van der Waals surface area contributed by atoms with Crippen LogP contribution in [-0.4, -0.2) is 47.0 Å². The van der Waals surface area contributed by atoms with Crippen molar-refractivity contribution in [3.8, 4) is 0 Å². The first-order valence-electron chi connectivity index (χ1n) is 7.30. The molecular formula is C15H20N4O. The van der Waals surface area contributed by atoms with Gasteiger partial charge in [-0.3, -0.25) is 4.79 Å². The number of aromatic nitrogens is 2. The molecule has 0 aromatic carbocycles. The Hall–Kier alpha value is -1.91. The summed E-state index contributed by atoms with van der Waals surface area (Å²) >= 11 is 0. The zero-order chi connectivity index (χ0) is 13.8. The van der Waals surface area contributed by atoms with Crippen LogP contribution in [0.1, 0.15) is 25.7 Å². The second-order valence-corrected chi connectivity index (χ2v) is 5.35. The Labute approximate surface area is 119 Å². The number of carbonyl (C=O) groups is 1. The standard InChI is InChI=1S/C15H20N4O/c20-14(12-13-4-1-2-5-13)18-8-10-19(11-9-18)15-16-6-3-7-17-15/h3-4,6-7H,1-2,5,8-12H2. The molecule has 0 saturated carbocycles. The summed E-state index contributed by atoms with van der Waals surface area (Å²) in [6, 6.07) is 1.82. The number of hydrogen-bond acceptors (Lipinski definition) is 4. The van der Waals surface area contributed by atoms with Gasteiger partial charge in [0.25, 0.3) is 0 Å². The van der Waals surface area contributed by atoms with Gasteiger partial charge in [0.2, 0.25) is 11.9 Å². The first-order chi connectivity index (χ1) is 9.83. The van der Waals surface area contributed by atoms with Gasteiger partial charge in [0.15, 0.2) is 0 Å². The lowest BCUT2D eigenvalue weighted by Gasteiger charge is -2.34. The normalized spacial score (nSPS) is 19.1. The van der Waals surface area contributed by atoms with Crippen molar-refractivity contribution in [3.63, 3.8) is 0 Å². The summed E-state index contributed by atoms with van der Waals surface area (Å²) in [5.74, 6) is 1.03. The number of carbonyl (C=O) groups excluding carboxylic acids is 1. The van der Waals surface area contributed by atoms with Crippen molar-refractivity contribution in [2.75, 3.05) is 31.1 Å². The summed E-state index contributed by atoms with van der Waals surface area (Å²) in [4.78, 5) is 24.9.